The Bertz CT molecular complexity index is 730. The monoisotopic (exact) mass is 377 g/mol. The van der Waals surface area contributed by atoms with Gasteiger partial charge in [-0.2, -0.15) is 5.10 Å². The summed E-state index contributed by atoms with van der Waals surface area (Å²) in [7, 11) is 1.74. The van der Waals surface area contributed by atoms with Crippen LogP contribution in [0.15, 0.2) is 0 Å². The second-order valence-corrected chi connectivity index (χ2v) is 6.90. The maximum atomic E-state index is 12.8. The van der Waals surface area contributed by atoms with Crippen LogP contribution in [0.3, 0.4) is 0 Å². The van der Waals surface area contributed by atoms with Crippen molar-refractivity contribution < 1.29 is 19.1 Å². The van der Waals surface area contributed by atoms with Crippen LogP contribution < -0.4 is 10.6 Å². The SMILES string of the molecule is CCOCCNC(=O)c1c2c(nn1C)CCN(C(=O)[C@H]1CCNC(=O)C1)C2. The Kier molecular flexibility index (Phi) is 6.10. The summed E-state index contributed by atoms with van der Waals surface area (Å²) in [6, 6.07) is 0. The Morgan fingerprint density at radius 1 is 1.41 bits per heavy atom. The van der Waals surface area contributed by atoms with Crippen molar-refractivity contribution in [2.45, 2.75) is 32.7 Å². The number of rotatable bonds is 6. The molecule has 27 heavy (non-hydrogen) atoms. The summed E-state index contributed by atoms with van der Waals surface area (Å²) >= 11 is 0. The van der Waals surface area contributed by atoms with Gasteiger partial charge in [0.2, 0.25) is 11.8 Å². The van der Waals surface area contributed by atoms with Crippen LogP contribution in [0.2, 0.25) is 0 Å². The maximum absolute atomic E-state index is 12.8. The lowest BCUT2D eigenvalue weighted by Crippen LogP contribution is -2.45. The molecule has 3 amide bonds. The molecule has 1 atom stereocenters. The van der Waals surface area contributed by atoms with E-state index in [1.807, 2.05) is 6.92 Å². The third-order valence-corrected chi connectivity index (χ3v) is 5.05. The van der Waals surface area contributed by atoms with Crippen LogP contribution in [-0.2, 0) is 34.3 Å². The number of nitrogens with one attached hydrogen (secondary N) is 2. The first-order valence-corrected chi connectivity index (χ1v) is 9.47. The molecule has 148 valence electrons. The zero-order valence-electron chi connectivity index (χ0n) is 15.9. The van der Waals surface area contributed by atoms with Gasteiger partial charge >= 0.3 is 0 Å². The quantitative estimate of drug-likeness (QED) is 0.656. The minimum atomic E-state index is -0.277. The first-order valence-electron chi connectivity index (χ1n) is 9.47. The highest BCUT2D eigenvalue weighted by atomic mass is 16.5. The molecule has 1 saturated heterocycles. The van der Waals surface area contributed by atoms with E-state index in [0.717, 1.165) is 11.3 Å². The molecular formula is C18H27N5O4. The minimum absolute atomic E-state index is 0.0120. The number of carbonyl (C=O) groups excluding carboxylic acids is 3. The standard InChI is InChI=1S/C18H27N5O4/c1-3-27-9-7-20-17(25)16-13-11-23(8-5-14(13)21-22(16)2)18(26)12-4-6-19-15(24)10-12/h12H,3-11H2,1-2H3,(H,19,24)(H,20,25)/t12-/m0/s1. The van der Waals surface area contributed by atoms with Gasteiger partial charge in [-0.05, 0) is 13.3 Å². The topological polar surface area (TPSA) is 106 Å². The molecule has 0 aliphatic carbocycles. The van der Waals surface area contributed by atoms with Gasteiger partial charge in [-0.1, -0.05) is 0 Å². The van der Waals surface area contributed by atoms with Crippen molar-refractivity contribution in [1.82, 2.24) is 25.3 Å². The predicted octanol–water partition coefficient (Wildman–Crippen LogP) is -0.403. The average Bonchev–Trinajstić information content (AvgIpc) is 2.99. The van der Waals surface area contributed by atoms with Gasteiger partial charge < -0.3 is 20.3 Å². The lowest BCUT2D eigenvalue weighted by atomic mass is 9.94. The van der Waals surface area contributed by atoms with Gasteiger partial charge in [0, 0.05) is 64.2 Å². The zero-order valence-corrected chi connectivity index (χ0v) is 15.9. The fourth-order valence-electron chi connectivity index (χ4n) is 3.69. The largest absolute Gasteiger partial charge is 0.380 e. The van der Waals surface area contributed by atoms with Crippen LogP contribution in [0.5, 0.6) is 0 Å². The van der Waals surface area contributed by atoms with E-state index in [1.165, 1.54) is 0 Å². The van der Waals surface area contributed by atoms with E-state index < -0.39 is 0 Å². The summed E-state index contributed by atoms with van der Waals surface area (Å²) in [5, 5.41) is 10.1. The normalized spacial score (nSPS) is 19.4. The van der Waals surface area contributed by atoms with E-state index in [-0.39, 0.29) is 30.1 Å². The van der Waals surface area contributed by atoms with Crippen LogP contribution in [0, 0.1) is 5.92 Å². The molecule has 1 fully saturated rings. The van der Waals surface area contributed by atoms with Gasteiger partial charge in [0.25, 0.3) is 5.91 Å². The summed E-state index contributed by atoms with van der Waals surface area (Å²) in [5.74, 6) is -0.576. The highest BCUT2D eigenvalue weighted by Gasteiger charge is 2.34. The van der Waals surface area contributed by atoms with E-state index in [0.29, 0.717) is 57.9 Å². The van der Waals surface area contributed by atoms with Crippen molar-refractivity contribution in [3.05, 3.63) is 17.0 Å². The van der Waals surface area contributed by atoms with Crippen LogP contribution >= 0.6 is 0 Å². The fourth-order valence-corrected chi connectivity index (χ4v) is 3.69. The molecule has 9 nitrogen and oxygen atoms in total. The Balaban J connectivity index is 1.70. The minimum Gasteiger partial charge on any atom is -0.380 e. The Morgan fingerprint density at radius 2 is 2.22 bits per heavy atom. The molecule has 0 spiro atoms. The number of hydrogen-bond donors (Lipinski definition) is 2. The number of aromatic nitrogens is 2. The van der Waals surface area contributed by atoms with Crippen molar-refractivity contribution in [1.29, 1.82) is 0 Å². The Morgan fingerprint density at radius 3 is 2.96 bits per heavy atom. The van der Waals surface area contributed by atoms with Gasteiger partial charge in [0.15, 0.2) is 0 Å². The molecule has 3 heterocycles. The molecule has 0 aromatic carbocycles. The lowest BCUT2D eigenvalue weighted by Gasteiger charge is -2.31. The number of aryl methyl sites for hydroxylation is 1. The summed E-state index contributed by atoms with van der Waals surface area (Å²) in [6.07, 6.45) is 1.51. The van der Waals surface area contributed by atoms with Crippen molar-refractivity contribution in [2.75, 3.05) is 32.8 Å². The molecule has 0 unspecified atom stereocenters. The van der Waals surface area contributed by atoms with E-state index in [2.05, 4.69) is 15.7 Å². The number of fused-ring (bicyclic) bond motifs is 1. The molecule has 3 rings (SSSR count). The number of piperidine rings is 1. The summed E-state index contributed by atoms with van der Waals surface area (Å²) in [5.41, 5.74) is 2.14. The van der Waals surface area contributed by atoms with Gasteiger partial charge in [0.1, 0.15) is 5.69 Å². The fraction of sp³-hybridized carbons (Fsp3) is 0.667. The highest BCUT2D eigenvalue weighted by Crippen LogP contribution is 2.25. The maximum Gasteiger partial charge on any atom is 0.269 e. The highest BCUT2D eigenvalue weighted by molar-refractivity contribution is 5.94. The van der Waals surface area contributed by atoms with Crippen LogP contribution in [0.25, 0.3) is 0 Å². The molecule has 2 N–H and O–H groups in total. The molecule has 9 heteroatoms. The third kappa shape index (κ3) is 4.29. The first kappa shape index (κ1) is 19.3. The second kappa shape index (κ2) is 8.51. The summed E-state index contributed by atoms with van der Waals surface area (Å²) < 4.78 is 6.83. The van der Waals surface area contributed by atoms with Crippen molar-refractivity contribution >= 4 is 17.7 Å². The average molecular weight is 377 g/mol. The van der Waals surface area contributed by atoms with Gasteiger partial charge in [-0.25, -0.2) is 0 Å². The van der Waals surface area contributed by atoms with E-state index in [1.54, 1.807) is 16.6 Å². The third-order valence-electron chi connectivity index (χ3n) is 5.05. The molecule has 0 bridgehead atoms. The number of amides is 3. The van der Waals surface area contributed by atoms with Crippen molar-refractivity contribution in [2.24, 2.45) is 13.0 Å². The number of hydrogen-bond acceptors (Lipinski definition) is 5. The number of nitrogens with zero attached hydrogens (tertiary/aromatic N) is 3. The van der Waals surface area contributed by atoms with Crippen molar-refractivity contribution in [3.63, 3.8) is 0 Å². The van der Waals surface area contributed by atoms with Gasteiger partial charge in [0.05, 0.1) is 12.3 Å². The van der Waals surface area contributed by atoms with Crippen LogP contribution in [-0.4, -0.2) is 65.2 Å². The van der Waals surface area contributed by atoms with Crippen molar-refractivity contribution in [3.8, 4) is 0 Å². The van der Waals surface area contributed by atoms with E-state index >= 15 is 0 Å². The number of ether oxygens (including phenoxy) is 1. The zero-order chi connectivity index (χ0) is 19.4. The molecule has 0 saturated carbocycles. The van der Waals surface area contributed by atoms with Crippen LogP contribution in [0.4, 0.5) is 0 Å². The molecular weight excluding hydrogens is 350 g/mol. The molecule has 2 aliphatic rings. The molecule has 0 radical (unpaired) electrons. The van der Waals surface area contributed by atoms with E-state index in [9.17, 15) is 14.4 Å². The number of carbonyl (C=O) groups is 3. The summed E-state index contributed by atoms with van der Waals surface area (Å²) in [4.78, 5) is 38.8. The Hall–Kier alpha value is -2.42. The van der Waals surface area contributed by atoms with Crippen LogP contribution in [0.1, 0.15) is 41.5 Å². The lowest BCUT2D eigenvalue weighted by molar-refractivity contribution is -0.140. The smallest absolute Gasteiger partial charge is 0.269 e. The summed E-state index contributed by atoms with van der Waals surface area (Å²) in [6.45, 7) is 4.84. The molecule has 2 aliphatic heterocycles. The van der Waals surface area contributed by atoms with E-state index in [4.69, 9.17) is 4.74 Å². The first-order chi connectivity index (χ1) is 13.0. The molecule has 1 aromatic rings. The molecule has 1 aromatic heterocycles. The van der Waals surface area contributed by atoms with Gasteiger partial charge in [-0.3, -0.25) is 19.1 Å². The second-order valence-electron chi connectivity index (χ2n) is 6.90. The Labute approximate surface area is 158 Å². The van der Waals surface area contributed by atoms with Gasteiger partial charge in [-0.15, -0.1) is 0 Å². The predicted molar refractivity (Wildman–Crippen MR) is 96.9 cm³/mol.